The molecule has 1 fully saturated rings. The van der Waals surface area contributed by atoms with Crippen LogP contribution in [-0.2, 0) is 17.9 Å². The molecule has 0 radical (unpaired) electrons. The molecule has 0 unspecified atom stereocenters. The molecule has 0 saturated heterocycles. The predicted molar refractivity (Wildman–Crippen MR) is 108 cm³/mol. The minimum absolute atomic E-state index is 0.0832. The molecule has 0 N–H and O–H groups in total. The fourth-order valence-electron chi connectivity index (χ4n) is 4.20. The van der Waals surface area contributed by atoms with Crippen molar-refractivity contribution in [3.63, 3.8) is 0 Å². The summed E-state index contributed by atoms with van der Waals surface area (Å²) in [6.07, 6.45) is 4.38. The minimum atomic E-state index is -0.466. The molecule has 150 valence electrons. The first kappa shape index (κ1) is 19.4. The van der Waals surface area contributed by atoms with E-state index in [0.717, 1.165) is 43.2 Å². The highest BCUT2D eigenvalue weighted by molar-refractivity contribution is 5.99. The predicted octanol–water partition coefficient (Wildman–Crippen LogP) is 4.88. The maximum Gasteiger partial charge on any atom is 0.258 e. The maximum atomic E-state index is 14.5. The third-order valence-corrected chi connectivity index (χ3v) is 5.98. The van der Waals surface area contributed by atoms with Crippen molar-refractivity contribution in [2.24, 2.45) is 11.8 Å². The van der Waals surface area contributed by atoms with E-state index in [0.29, 0.717) is 17.7 Å². The summed E-state index contributed by atoms with van der Waals surface area (Å²) in [7, 11) is 0. The minimum Gasteiger partial charge on any atom is -0.486 e. The zero-order valence-electron chi connectivity index (χ0n) is 16.3. The van der Waals surface area contributed by atoms with Crippen molar-refractivity contribution < 1.29 is 18.7 Å². The van der Waals surface area contributed by atoms with E-state index in [1.165, 1.54) is 12.1 Å². The SMILES string of the molecule is C=C(C1CCC(C=O)CC1)N1Cc2cc(F)c(OCc3ccccc3)cc2C1=O. The van der Waals surface area contributed by atoms with E-state index in [1.54, 1.807) is 4.90 Å². The molecule has 2 aliphatic rings. The molecule has 5 heteroatoms. The molecular formula is C24H24FNO3. The largest absolute Gasteiger partial charge is 0.486 e. The Balaban J connectivity index is 1.46. The van der Waals surface area contributed by atoms with Crippen LogP contribution in [0.2, 0.25) is 0 Å². The van der Waals surface area contributed by atoms with Crippen molar-refractivity contribution in [3.05, 3.63) is 77.2 Å². The highest BCUT2D eigenvalue weighted by atomic mass is 19.1. The summed E-state index contributed by atoms with van der Waals surface area (Å²) in [5.41, 5.74) is 2.82. The Hall–Kier alpha value is -2.95. The molecule has 1 heterocycles. The lowest BCUT2D eigenvalue weighted by Crippen LogP contribution is -2.29. The average Bonchev–Trinajstić information content (AvgIpc) is 3.07. The van der Waals surface area contributed by atoms with Crippen molar-refractivity contribution in [1.29, 1.82) is 0 Å². The molecule has 0 aromatic heterocycles. The van der Waals surface area contributed by atoms with Gasteiger partial charge in [-0.15, -0.1) is 0 Å². The Morgan fingerprint density at radius 1 is 1.17 bits per heavy atom. The molecule has 0 bridgehead atoms. The van der Waals surface area contributed by atoms with E-state index in [4.69, 9.17) is 4.74 Å². The molecule has 2 aromatic rings. The number of hydrogen-bond acceptors (Lipinski definition) is 3. The quantitative estimate of drug-likeness (QED) is 0.657. The van der Waals surface area contributed by atoms with Crippen LogP contribution >= 0.6 is 0 Å². The van der Waals surface area contributed by atoms with Crippen LogP contribution in [0.25, 0.3) is 0 Å². The number of amides is 1. The molecule has 4 rings (SSSR count). The van der Waals surface area contributed by atoms with Crippen LogP contribution in [0.4, 0.5) is 4.39 Å². The number of rotatable bonds is 6. The van der Waals surface area contributed by atoms with Gasteiger partial charge in [-0.05, 0) is 54.9 Å². The van der Waals surface area contributed by atoms with Crippen LogP contribution in [0, 0.1) is 17.7 Å². The zero-order valence-corrected chi connectivity index (χ0v) is 16.3. The highest BCUT2D eigenvalue weighted by Gasteiger charge is 2.34. The van der Waals surface area contributed by atoms with Gasteiger partial charge < -0.3 is 14.4 Å². The van der Waals surface area contributed by atoms with Gasteiger partial charge in [0.1, 0.15) is 12.9 Å². The van der Waals surface area contributed by atoms with Gasteiger partial charge in [-0.2, -0.15) is 0 Å². The third kappa shape index (κ3) is 3.95. The number of carbonyl (C=O) groups is 2. The summed E-state index contributed by atoms with van der Waals surface area (Å²) in [5, 5.41) is 0. The van der Waals surface area contributed by atoms with Gasteiger partial charge in [-0.1, -0.05) is 36.9 Å². The zero-order chi connectivity index (χ0) is 20.4. The Bertz CT molecular complexity index is 933. The number of aldehydes is 1. The van der Waals surface area contributed by atoms with Crippen molar-refractivity contribution in [3.8, 4) is 5.75 Å². The molecule has 1 saturated carbocycles. The Morgan fingerprint density at radius 2 is 1.90 bits per heavy atom. The molecule has 0 atom stereocenters. The number of fused-ring (bicyclic) bond motifs is 1. The van der Waals surface area contributed by atoms with Crippen molar-refractivity contribution >= 4 is 12.2 Å². The Morgan fingerprint density at radius 3 is 2.59 bits per heavy atom. The summed E-state index contributed by atoms with van der Waals surface area (Å²) in [4.78, 5) is 25.6. The standard InChI is InChI=1S/C24H24FNO3/c1-16(19-9-7-17(14-27)8-10-19)26-13-20-11-22(25)23(12-21(20)24(26)28)29-15-18-5-3-2-4-6-18/h2-6,11-12,14,17,19H,1,7-10,13,15H2. The van der Waals surface area contributed by atoms with Crippen LogP contribution in [-0.4, -0.2) is 17.1 Å². The first-order valence-corrected chi connectivity index (χ1v) is 10.0. The summed E-state index contributed by atoms with van der Waals surface area (Å²) in [6, 6.07) is 12.4. The normalized spacial score (nSPS) is 21.0. The molecular weight excluding hydrogens is 369 g/mol. The second-order valence-electron chi connectivity index (χ2n) is 7.84. The third-order valence-electron chi connectivity index (χ3n) is 5.98. The molecule has 1 amide bonds. The van der Waals surface area contributed by atoms with E-state index in [-0.39, 0.29) is 30.1 Å². The number of ether oxygens (including phenoxy) is 1. The molecule has 0 spiro atoms. The van der Waals surface area contributed by atoms with Crippen molar-refractivity contribution in [2.75, 3.05) is 0 Å². The van der Waals surface area contributed by atoms with Crippen LogP contribution in [0.15, 0.2) is 54.7 Å². The van der Waals surface area contributed by atoms with Gasteiger partial charge in [-0.25, -0.2) is 4.39 Å². The number of carbonyl (C=O) groups excluding carboxylic acids is 2. The second-order valence-corrected chi connectivity index (χ2v) is 7.84. The van der Waals surface area contributed by atoms with Gasteiger partial charge in [-0.3, -0.25) is 4.79 Å². The lowest BCUT2D eigenvalue weighted by Gasteiger charge is -2.31. The van der Waals surface area contributed by atoms with E-state index >= 15 is 0 Å². The van der Waals surface area contributed by atoms with E-state index in [9.17, 15) is 14.0 Å². The Labute approximate surface area is 170 Å². The molecule has 1 aliphatic carbocycles. The maximum absolute atomic E-state index is 14.5. The lowest BCUT2D eigenvalue weighted by molar-refractivity contribution is -0.112. The monoisotopic (exact) mass is 393 g/mol. The first-order chi connectivity index (χ1) is 14.1. The summed E-state index contributed by atoms with van der Waals surface area (Å²) >= 11 is 0. The lowest BCUT2D eigenvalue weighted by atomic mass is 9.81. The summed E-state index contributed by atoms with van der Waals surface area (Å²) < 4.78 is 20.2. The second kappa shape index (κ2) is 8.19. The van der Waals surface area contributed by atoms with E-state index < -0.39 is 5.82 Å². The smallest absolute Gasteiger partial charge is 0.258 e. The van der Waals surface area contributed by atoms with Gasteiger partial charge in [0.25, 0.3) is 5.91 Å². The van der Waals surface area contributed by atoms with Gasteiger partial charge in [0.15, 0.2) is 11.6 Å². The molecule has 4 nitrogen and oxygen atoms in total. The summed E-state index contributed by atoms with van der Waals surface area (Å²) in [5.74, 6) is -0.245. The van der Waals surface area contributed by atoms with E-state index in [1.807, 2.05) is 30.3 Å². The topological polar surface area (TPSA) is 46.6 Å². The molecule has 1 aliphatic heterocycles. The highest BCUT2D eigenvalue weighted by Crippen LogP contribution is 2.38. The van der Waals surface area contributed by atoms with Crippen LogP contribution in [0.5, 0.6) is 5.75 Å². The number of hydrogen-bond donors (Lipinski definition) is 0. The van der Waals surface area contributed by atoms with E-state index in [2.05, 4.69) is 6.58 Å². The summed E-state index contributed by atoms with van der Waals surface area (Å²) in [6.45, 7) is 4.72. The number of halogens is 1. The molecule has 29 heavy (non-hydrogen) atoms. The fraction of sp³-hybridized carbons (Fsp3) is 0.333. The molecule has 2 aromatic carbocycles. The van der Waals surface area contributed by atoms with Crippen LogP contribution in [0.3, 0.4) is 0 Å². The number of allylic oxidation sites excluding steroid dienone is 1. The van der Waals surface area contributed by atoms with Gasteiger partial charge in [0, 0.05) is 17.2 Å². The average molecular weight is 393 g/mol. The fourth-order valence-corrected chi connectivity index (χ4v) is 4.20. The van der Waals surface area contributed by atoms with Gasteiger partial charge in [0.05, 0.1) is 6.54 Å². The van der Waals surface area contributed by atoms with Gasteiger partial charge >= 0.3 is 0 Å². The van der Waals surface area contributed by atoms with Crippen LogP contribution < -0.4 is 4.74 Å². The van der Waals surface area contributed by atoms with Gasteiger partial charge in [0.2, 0.25) is 0 Å². The van der Waals surface area contributed by atoms with Crippen molar-refractivity contribution in [2.45, 2.75) is 38.8 Å². The first-order valence-electron chi connectivity index (χ1n) is 10.0. The van der Waals surface area contributed by atoms with Crippen molar-refractivity contribution in [1.82, 2.24) is 4.90 Å². The van der Waals surface area contributed by atoms with Crippen LogP contribution in [0.1, 0.15) is 47.2 Å². The number of nitrogens with zero attached hydrogens (tertiary/aromatic N) is 1. The number of benzene rings is 2. The Kier molecular flexibility index (Phi) is 5.47.